The summed E-state index contributed by atoms with van der Waals surface area (Å²) in [5.74, 6) is -0.309. The van der Waals surface area contributed by atoms with Gasteiger partial charge in [-0.3, -0.25) is 9.69 Å². The molecule has 0 bridgehead atoms. The van der Waals surface area contributed by atoms with Gasteiger partial charge in [-0.05, 0) is 31.7 Å². The average molecular weight is 250 g/mol. The lowest BCUT2D eigenvalue weighted by atomic mass is 10.1. The molecule has 98 valence electrons. The minimum absolute atomic E-state index is 0.309. The zero-order valence-electron chi connectivity index (χ0n) is 10.9. The normalized spacial score (nSPS) is 21.1. The van der Waals surface area contributed by atoms with Crippen molar-refractivity contribution < 1.29 is 9.18 Å². The Balaban J connectivity index is 2.15. The number of rotatable bonds is 3. The first-order valence-corrected chi connectivity index (χ1v) is 6.39. The Morgan fingerprint density at radius 2 is 2.22 bits per heavy atom. The van der Waals surface area contributed by atoms with E-state index in [0.717, 1.165) is 26.2 Å². The van der Waals surface area contributed by atoms with Gasteiger partial charge in [-0.15, -0.1) is 0 Å². The standard InChI is InChI=1S/C14H19FN2O/c1-3-16-6-7-17(9-11(16)2)14-5-4-12(10-18)8-13(14)15/h4-5,8,10-11H,3,6-7,9H2,1-2H3. The van der Waals surface area contributed by atoms with Crippen molar-refractivity contribution in [3.8, 4) is 0 Å². The van der Waals surface area contributed by atoms with Gasteiger partial charge in [-0.2, -0.15) is 0 Å². The number of benzene rings is 1. The molecule has 18 heavy (non-hydrogen) atoms. The third kappa shape index (κ3) is 2.53. The highest BCUT2D eigenvalue weighted by atomic mass is 19.1. The summed E-state index contributed by atoms with van der Waals surface area (Å²) < 4.78 is 13.9. The molecule has 1 aromatic rings. The SMILES string of the molecule is CCN1CCN(c2ccc(C=O)cc2F)CC1C. The van der Waals surface area contributed by atoms with E-state index in [1.807, 2.05) is 0 Å². The molecule has 0 aromatic heterocycles. The number of nitrogens with zero attached hydrogens (tertiary/aromatic N) is 2. The van der Waals surface area contributed by atoms with Gasteiger partial charge >= 0.3 is 0 Å². The molecule has 1 saturated heterocycles. The number of halogens is 1. The topological polar surface area (TPSA) is 23.6 Å². The maximum Gasteiger partial charge on any atom is 0.150 e. The van der Waals surface area contributed by atoms with Crippen LogP contribution in [0.2, 0.25) is 0 Å². The van der Waals surface area contributed by atoms with Crippen molar-refractivity contribution in [3.63, 3.8) is 0 Å². The van der Waals surface area contributed by atoms with Gasteiger partial charge in [-0.25, -0.2) is 4.39 Å². The van der Waals surface area contributed by atoms with Gasteiger partial charge < -0.3 is 4.90 Å². The molecule has 1 aliphatic heterocycles. The van der Waals surface area contributed by atoms with E-state index in [0.29, 0.717) is 23.6 Å². The second kappa shape index (κ2) is 5.48. The van der Waals surface area contributed by atoms with Gasteiger partial charge in [0.25, 0.3) is 0 Å². The number of anilines is 1. The van der Waals surface area contributed by atoms with E-state index < -0.39 is 0 Å². The van der Waals surface area contributed by atoms with E-state index in [2.05, 4.69) is 23.6 Å². The lowest BCUT2D eigenvalue weighted by Gasteiger charge is -2.40. The molecule has 0 amide bonds. The maximum absolute atomic E-state index is 13.9. The molecule has 0 saturated carbocycles. The largest absolute Gasteiger partial charge is 0.366 e. The maximum atomic E-state index is 13.9. The van der Waals surface area contributed by atoms with Crippen LogP contribution in [0.5, 0.6) is 0 Å². The number of hydrogen-bond acceptors (Lipinski definition) is 3. The molecule has 1 aliphatic rings. The molecular weight excluding hydrogens is 231 g/mol. The van der Waals surface area contributed by atoms with Crippen molar-refractivity contribution in [2.45, 2.75) is 19.9 Å². The summed E-state index contributed by atoms with van der Waals surface area (Å²) in [6.45, 7) is 7.94. The van der Waals surface area contributed by atoms with E-state index in [-0.39, 0.29) is 5.82 Å². The van der Waals surface area contributed by atoms with Crippen molar-refractivity contribution in [3.05, 3.63) is 29.6 Å². The number of likely N-dealkylation sites (N-methyl/N-ethyl adjacent to an activating group) is 1. The van der Waals surface area contributed by atoms with E-state index in [9.17, 15) is 9.18 Å². The highest BCUT2D eigenvalue weighted by molar-refractivity contribution is 5.76. The Morgan fingerprint density at radius 1 is 1.44 bits per heavy atom. The van der Waals surface area contributed by atoms with Crippen LogP contribution in [0.15, 0.2) is 18.2 Å². The monoisotopic (exact) mass is 250 g/mol. The Bertz CT molecular complexity index is 436. The molecule has 1 fully saturated rings. The zero-order valence-corrected chi connectivity index (χ0v) is 10.9. The molecule has 0 N–H and O–H groups in total. The molecule has 1 aromatic carbocycles. The summed E-state index contributed by atoms with van der Waals surface area (Å²) in [4.78, 5) is 15.0. The molecule has 0 spiro atoms. The number of aldehydes is 1. The smallest absolute Gasteiger partial charge is 0.150 e. The Morgan fingerprint density at radius 3 is 2.78 bits per heavy atom. The molecule has 0 radical (unpaired) electrons. The van der Waals surface area contributed by atoms with Crippen LogP contribution in [0, 0.1) is 5.82 Å². The van der Waals surface area contributed by atoms with Crippen LogP contribution in [-0.4, -0.2) is 43.4 Å². The van der Waals surface area contributed by atoms with Crippen LogP contribution >= 0.6 is 0 Å². The summed E-state index contributed by atoms with van der Waals surface area (Å²) >= 11 is 0. The Hall–Kier alpha value is -1.42. The summed E-state index contributed by atoms with van der Waals surface area (Å²) in [5, 5.41) is 0. The molecule has 2 rings (SSSR count). The van der Waals surface area contributed by atoms with E-state index in [1.54, 1.807) is 12.1 Å². The molecule has 3 nitrogen and oxygen atoms in total. The third-order valence-corrected chi connectivity index (χ3v) is 3.62. The van der Waals surface area contributed by atoms with E-state index in [4.69, 9.17) is 0 Å². The quantitative estimate of drug-likeness (QED) is 0.768. The van der Waals surface area contributed by atoms with Crippen LogP contribution in [0.1, 0.15) is 24.2 Å². The van der Waals surface area contributed by atoms with Crippen molar-refractivity contribution in [2.24, 2.45) is 0 Å². The van der Waals surface area contributed by atoms with Crippen molar-refractivity contribution >= 4 is 12.0 Å². The molecular formula is C14H19FN2O. The third-order valence-electron chi connectivity index (χ3n) is 3.62. The molecule has 1 unspecified atom stereocenters. The minimum Gasteiger partial charge on any atom is -0.366 e. The van der Waals surface area contributed by atoms with Gasteiger partial charge in [0, 0.05) is 31.2 Å². The summed E-state index contributed by atoms with van der Waals surface area (Å²) in [7, 11) is 0. The predicted molar refractivity (Wildman–Crippen MR) is 70.7 cm³/mol. The fraction of sp³-hybridized carbons (Fsp3) is 0.500. The van der Waals surface area contributed by atoms with Crippen LogP contribution in [0.4, 0.5) is 10.1 Å². The minimum atomic E-state index is -0.309. The second-order valence-electron chi connectivity index (χ2n) is 4.75. The van der Waals surface area contributed by atoms with Gasteiger partial charge in [-0.1, -0.05) is 6.92 Å². The van der Waals surface area contributed by atoms with Crippen molar-refractivity contribution in [1.29, 1.82) is 0 Å². The lowest BCUT2D eigenvalue weighted by Crippen LogP contribution is -2.51. The van der Waals surface area contributed by atoms with E-state index >= 15 is 0 Å². The first-order valence-electron chi connectivity index (χ1n) is 6.39. The number of carbonyl (C=O) groups excluding carboxylic acids is 1. The number of carbonyl (C=O) groups is 1. The molecule has 1 atom stereocenters. The number of hydrogen-bond donors (Lipinski definition) is 0. The van der Waals surface area contributed by atoms with Crippen LogP contribution in [0.3, 0.4) is 0 Å². The first kappa shape index (κ1) is 13.0. The highest BCUT2D eigenvalue weighted by Gasteiger charge is 2.24. The van der Waals surface area contributed by atoms with Crippen molar-refractivity contribution in [2.75, 3.05) is 31.1 Å². The van der Waals surface area contributed by atoms with Crippen molar-refractivity contribution in [1.82, 2.24) is 4.90 Å². The van der Waals surface area contributed by atoms with Gasteiger partial charge in [0.2, 0.25) is 0 Å². The van der Waals surface area contributed by atoms with Crippen LogP contribution in [-0.2, 0) is 0 Å². The average Bonchev–Trinajstić information content (AvgIpc) is 2.38. The summed E-state index contributed by atoms with van der Waals surface area (Å²) in [5.41, 5.74) is 0.986. The van der Waals surface area contributed by atoms with Crippen LogP contribution in [0.25, 0.3) is 0 Å². The van der Waals surface area contributed by atoms with E-state index in [1.165, 1.54) is 6.07 Å². The first-order chi connectivity index (χ1) is 8.65. The van der Waals surface area contributed by atoms with Gasteiger partial charge in [0.05, 0.1) is 5.69 Å². The van der Waals surface area contributed by atoms with Gasteiger partial charge in [0.15, 0.2) is 0 Å². The van der Waals surface area contributed by atoms with Crippen LogP contribution < -0.4 is 4.90 Å². The highest BCUT2D eigenvalue weighted by Crippen LogP contribution is 2.23. The fourth-order valence-electron chi connectivity index (χ4n) is 2.54. The molecule has 1 heterocycles. The number of piperazine rings is 1. The molecule has 4 heteroatoms. The molecule has 0 aliphatic carbocycles. The fourth-order valence-corrected chi connectivity index (χ4v) is 2.54. The lowest BCUT2D eigenvalue weighted by molar-refractivity contribution is 0.112. The summed E-state index contributed by atoms with van der Waals surface area (Å²) in [6, 6.07) is 5.10. The Kier molecular flexibility index (Phi) is 3.97. The summed E-state index contributed by atoms with van der Waals surface area (Å²) in [6.07, 6.45) is 0.671. The Labute approximate surface area is 107 Å². The zero-order chi connectivity index (χ0) is 13.1. The predicted octanol–water partition coefficient (Wildman–Crippen LogP) is 2.17. The second-order valence-corrected chi connectivity index (χ2v) is 4.75. The van der Waals surface area contributed by atoms with Gasteiger partial charge in [0.1, 0.15) is 12.1 Å².